The Balaban J connectivity index is 2.71. The number of nitrogens with one attached hydrogen (secondary N) is 1. The monoisotopic (exact) mass is 199 g/mol. The summed E-state index contributed by atoms with van der Waals surface area (Å²) in [6.45, 7) is 0.610. The summed E-state index contributed by atoms with van der Waals surface area (Å²) in [4.78, 5) is 0. The molecule has 76 valence electrons. The lowest BCUT2D eigenvalue weighted by Gasteiger charge is -2.07. The van der Waals surface area contributed by atoms with E-state index >= 15 is 0 Å². The Bertz CT molecular complexity index is 491. The molecule has 0 unspecified atom stereocenters. The quantitative estimate of drug-likeness (QED) is 0.757. The predicted octanol–water partition coefficient (Wildman–Crippen LogP) is 2.98. The minimum absolute atomic E-state index is 0.610. The van der Waals surface area contributed by atoms with Crippen LogP contribution < -0.4 is 0 Å². The molecule has 0 bridgehead atoms. The van der Waals surface area contributed by atoms with Crippen molar-refractivity contribution in [3.05, 3.63) is 47.5 Å². The molecule has 1 N–H and O–H groups in total. The largest absolute Gasteiger partial charge is 0.380 e. The molecule has 0 radical (unpaired) electrons. The van der Waals surface area contributed by atoms with Crippen LogP contribution in [0.5, 0.6) is 0 Å². The summed E-state index contributed by atoms with van der Waals surface area (Å²) >= 11 is 0. The topological polar surface area (TPSA) is 33.1 Å². The van der Waals surface area contributed by atoms with Crippen LogP contribution in [0.25, 0.3) is 10.8 Å². The zero-order valence-corrected chi connectivity index (χ0v) is 8.66. The third-order valence-electron chi connectivity index (χ3n) is 2.50. The van der Waals surface area contributed by atoms with Crippen molar-refractivity contribution in [3.8, 4) is 0 Å². The summed E-state index contributed by atoms with van der Waals surface area (Å²) in [7, 11) is 1.69. The van der Waals surface area contributed by atoms with E-state index < -0.39 is 0 Å². The maximum atomic E-state index is 7.34. The van der Waals surface area contributed by atoms with Gasteiger partial charge in [0.1, 0.15) is 0 Å². The lowest BCUT2D eigenvalue weighted by Crippen LogP contribution is -1.92. The van der Waals surface area contributed by atoms with Gasteiger partial charge in [-0.1, -0.05) is 36.4 Å². The van der Waals surface area contributed by atoms with Gasteiger partial charge in [-0.2, -0.15) is 0 Å². The first-order chi connectivity index (χ1) is 7.36. The summed E-state index contributed by atoms with van der Waals surface area (Å²) in [5, 5.41) is 9.62. The van der Waals surface area contributed by atoms with Gasteiger partial charge in [-0.3, -0.25) is 0 Å². The molecule has 2 rings (SSSR count). The standard InChI is InChI=1S/C13H13NO/c1-15-9-11-7-6-10(8-14)12-4-2-3-5-13(11)12/h2-8,14H,9H2,1H3. The van der Waals surface area contributed by atoms with Gasteiger partial charge >= 0.3 is 0 Å². The average Bonchev–Trinajstić information content (AvgIpc) is 2.30. The van der Waals surface area contributed by atoms with Crippen molar-refractivity contribution in [1.82, 2.24) is 0 Å². The highest BCUT2D eigenvalue weighted by Gasteiger charge is 2.03. The van der Waals surface area contributed by atoms with Crippen LogP contribution in [-0.4, -0.2) is 13.3 Å². The summed E-state index contributed by atoms with van der Waals surface area (Å²) < 4.78 is 5.15. The fraction of sp³-hybridized carbons (Fsp3) is 0.154. The first-order valence-corrected chi connectivity index (χ1v) is 4.87. The molecule has 0 spiro atoms. The van der Waals surface area contributed by atoms with Crippen LogP contribution in [0.4, 0.5) is 0 Å². The SMILES string of the molecule is COCc1ccc(C=N)c2ccccc12. The number of benzene rings is 2. The second-order valence-corrected chi connectivity index (χ2v) is 3.44. The van der Waals surface area contributed by atoms with Gasteiger partial charge in [-0.25, -0.2) is 0 Å². The van der Waals surface area contributed by atoms with Crippen LogP contribution in [0.3, 0.4) is 0 Å². The zero-order chi connectivity index (χ0) is 10.7. The third-order valence-corrected chi connectivity index (χ3v) is 2.50. The summed E-state index contributed by atoms with van der Waals surface area (Å²) in [5.74, 6) is 0. The van der Waals surface area contributed by atoms with Gasteiger partial charge in [-0.15, -0.1) is 0 Å². The Labute approximate surface area is 89.0 Å². The predicted molar refractivity (Wildman–Crippen MR) is 62.5 cm³/mol. The minimum atomic E-state index is 0.610. The van der Waals surface area contributed by atoms with Gasteiger partial charge < -0.3 is 10.1 Å². The van der Waals surface area contributed by atoms with Crippen LogP contribution in [0.1, 0.15) is 11.1 Å². The van der Waals surface area contributed by atoms with E-state index in [0.717, 1.165) is 10.9 Å². The third kappa shape index (κ3) is 1.76. The van der Waals surface area contributed by atoms with E-state index in [1.807, 2.05) is 30.3 Å². The molecule has 0 heterocycles. The van der Waals surface area contributed by atoms with E-state index in [2.05, 4.69) is 6.07 Å². The Morgan fingerprint density at radius 3 is 2.53 bits per heavy atom. The smallest absolute Gasteiger partial charge is 0.0719 e. The maximum absolute atomic E-state index is 7.34. The Morgan fingerprint density at radius 1 is 1.13 bits per heavy atom. The first kappa shape index (κ1) is 9.87. The molecule has 2 aromatic rings. The highest BCUT2D eigenvalue weighted by Crippen LogP contribution is 2.22. The highest BCUT2D eigenvalue weighted by atomic mass is 16.5. The minimum Gasteiger partial charge on any atom is -0.380 e. The molecule has 2 aromatic carbocycles. The fourth-order valence-electron chi connectivity index (χ4n) is 1.79. The average molecular weight is 199 g/mol. The van der Waals surface area contributed by atoms with Crippen LogP contribution in [-0.2, 0) is 11.3 Å². The van der Waals surface area contributed by atoms with E-state index in [1.54, 1.807) is 7.11 Å². The Morgan fingerprint density at radius 2 is 1.87 bits per heavy atom. The molecular weight excluding hydrogens is 186 g/mol. The molecule has 2 heteroatoms. The van der Waals surface area contributed by atoms with E-state index in [4.69, 9.17) is 10.1 Å². The maximum Gasteiger partial charge on any atom is 0.0719 e. The molecule has 0 aromatic heterocycles. The number of hydrogen-bond acceptors (Lipinski definition) is 2. The summed E-state index contributed by atoms with van der Waals surface area (Å²) in [5.41, 5.74) is 2.11. The van der Waals surface area contributed by atoms with Crippen molar-refractivity contribution in [3.63, 3.8) is 0 Å². The van der Waals surface area contributed by atoms with E-state index in [-0.39, 0.29) is 0 Å². The highest BCUT2D eigenvalue weighted by molar-refractivity contribution is 6.00. The summed E-state index contributed by atoms with van der Waals surface area (Å²) in [6, 6.07) is 12.1. The van der Waals surface area contributed by atoms with Crippen molar-refractivity contribution in [2.24, 2.45) is 0 Å². The Hall–Kier alpha value is -1.67. The number of methoxy groups -OCH3 is 1. The molecule has 0 fully saturated rings. The van der Waals surface area contributed by atoms with Gasteiger partial charge in [0.15, 0.2) is 0 Å². The van der Waals surface area contributed by atoms with Crippen molar-refractivity contribution in [1.29, 1.82) is 5.41 Å². The second-order valence-electron chi connectivity index (χ2n) is 3.44. The number of rotatable bonds is 3. The second kappa shape index (κ2) is 4.24. The van der Waals surface area contributed by atoms with Crippen LogP contribution in [0, 0.1) is 5.41 Å². The lowest BCUT2D eigenvalue weighted by atomic mass is 10.0. The molecule has 0 aliphatic heterocycles. The van der Waals surface area contributed by atoms with Gasteiger partial charge in [0.2, 0.25) is 0 Å². The van der Waals surface area contributed by atoms with Gasteiger partial charge in [0.05, 0.1) is 6.61 Å². The summed E-state index contributed by atoms with van der Waals surface area (Å²) in [6.07, 6.45) is 1.39. The molecule has 0 saturated carbocycles. The molecule has 0 atom stereocenters. The van der Waals surface area contributed by atoms with Crippen molar-refractivity contribution in [2.75, 3.05) is 7.11 Å². The van der Waals surface area contributed by atoms with E-state index in [9.17, 15) is 0 Å². The van der Waals surface area contributed by atoms with Crippen molar-refractivity contribution in [2.45, 2.75) is 6.61 Å². The lowest BCUT2D eigenvalue weighted by molar-refractivity contribution is 0.186. The van der Waals surface area contributed by atoms with E-state index in [0.29, 0.717) is 6.61 Å². The molecule has 0 aliphatic carbocycles. The number of ether oxygens (including phenoxy) is 1. The molecule has 0 amide bonds. The van der Waals surface area contributed by atoms with Gasteiger partial charge in [0, 0.05) is 13.3 Å². The van der Waals surface area contributed by atoms with Gasteiger partial charge in [0.25, 0.3) is 0 Å². The van der Waals surface area contributed by atoms with E-state index in [1.165, 1.54) is 17.2 Å². The van der Waals surface area contributed by atoms with Crippen molar-refractivity contribution < 1.29 is 4.74 Å². The van der Waals surface area contributed by atoms with Gasteiger partial charge in [-0.05, 0) is 21.9 Å². The normalized spacial score (nSPS) is 10.5. The Kier molecular flexibility index (Phi) is 2.79. The number of hydrogen-bond donors (Lipinski definition) is 1. The fourth-order valence-corrected chi connectivity index (χ4v) is 1.79. The number of fused-ring (bicyclic) bond motifs is 1. The zero-order valence-electron chi connectivity index (χ0n) is 8.66. The van der Waals surface area contributed by atoms with Crippen LogP contribution in [0.15, 0.2) is 36.4 Å². The molecular formula is C13H13NO. The molecule has 15 heavy (non-hydrogen) atoms. The first-order valence-electron chi connectivity index (χ1n) is 4.87. The van der Waals surface area contributed by atoms with Crippen LogP contribution in [0.2, 0.25) is 0 Å². The molecule has 2 nitrogen and oxygen atoms in total. The van der Waals surface area contributed by atoms with Crippen molar-refractivity contribution >= 4 is 17.0 Å². The molecule has 0 saturated heterocycles. The van der Waals surface area contributed by atoms with Crippen LogP contribution >= 0.6 is 0 Å². The molecule has 0 aliphatic rings.